The Morgan fingerprint density at radius 3 is 1.80 bits per heavy atom. The lowest BCUT2D eigenvalue weighted by atomic mass is 10.2. The maximum absolute atomic E-state index is 2.40. The highest BCUT2D eigenvalue weighted by Gasteiger charge is 2.33. The standard InChI is InChI=1S/C12H22N2Si/c1-13(2)15(5,14(3)4)11-12-9-7-6-8-10-12/h6-10H,11H2,1-5H3. The van der Waals surface area contributed by atoms with Crippen LogP contribution in [-0.2, 0) is 6.04 Å². The Morgan fingerprint density at radius 2 is 1.40 bits per heavy atom. The van der Waals surface area contributed by atoms with E-state index in [0.717, 1.165) is 0 Å². The van der Waals surface area contributed by atoms with Crippen LogP contribution in [-0.4, -0.2) is 45.7 Å². The molecule has 0 atom stereocenters. The van der Waals surface area contributed by atoms with Crippen molar-refractivity contribution in [1.29, 1.82) is 0 Å². The van der Waals surface area contributed by atoms with Gasteiger partial charge in [0.25, 0.3) is 0 Å². The van der Waals surface area contributed by atoms with Crippen LogP contribution in [0.25, 0.3) is 0 Å². The van der Waals surface area contributed by atoms with E-state index in [-0.39, 0.29) is 0 Å². The fourth-order valence-corrected chi connectivity index (χ4v) is 4.14. The zero-order chi connectivity index (χ0) is 11.5. The third kappa shape index (κ3) is 2.90. The number of benzene rings is 1. The number of rotatable bonds is 4. The zero-order valence-corrected chi connectivity index (χ0v) is 11.5. The first-order valence-electron chi connectivity index (χ1n) is 5.35. The summed E-state index contributed by atoms with van der Waals surface area (Å²) in [5.41, 5.74) is 1.44. The maximum atomic E-state index is 2.40. The molecular weight excluding hydrogens is 200 g/mol. The van der Waals surface area contributed by atoms with Gasteiger partial charge in [-0.1, -0.05) is 30.3 Å². The molecule has 0 aliphatic heterocycles. The highest BCUT2D eigenvalue weighted by molar-refractivity contribution is 6.72. The molecule has 15 heavy (non-hydrogen) atoms. The van der Waals surface area contributed by atoms with Crippen molar-refractivity contribution < 1.29 is 0 Å². The number of hydrogen-bond acceptors (Lipinski definition) is 2. The van der Waals surface area contributed by atoms with E-state index >= 15 is 0 Å². The van der Waals surface area contributed by atoms with Crippen LogP contribution in [0.1, 0.15) is 5.56 Å². The fourth-order valence-electron chi connectivity index (χ4n) is 1.70. The van der Waals surface area contributed by atoms with Crippen molar-refractivity contribution in [2.45, 2.75) is 12.6 Å². The van der Waals surface area contributed by atoms with Gasteiger partial charge >= 0.3 is 0 Å². The summed E-state index contributed by atoms with van der Waals surface area (Å²) in [7, 11) is 7.28. The van der Waals surface area contributed by atoms with E-state index in [1.54, 1.807) is 0 Å². The first-order valence-corrected chi connectivity index (χ1v) is 7.96. The van der Waals surface area contributed by atoms with Crippen molar-refractivity contribution in [2.75, 3.05) is 28.2 Å². The molecule has 0 aliphatic carbocycles. The minimum absolute atomic E-state index is 1.17. The minimum atomic E-state index is -1.48. The molecule has 84 valence electrons. The van der Waals surface area contributed by atoms with Crippen LogP contribution in [0.5, 0.6) is 0 Å². The summed E-state index contributed by atoms with van der Waals surface area (Å²) < 4.78 is 4.81. The molecule has 0 heterocycles. The van der Waals surface area contributed by atoms with E-state index in [9.17, 15) is 0 Å². The van der Waals surface area contributed by atoms with Crippen molar-refractivity contribution in [3.63, 3.8) is 0 Å². The quantitative estimate of drug-likeness (QED) is 0.719. The van der Waals surface area contributed by atoms with Crippen molar-refractivity contribution >= 4 is 8.40 Å². The summed E-state index contributed by atoms with van der Waals surface area (Å²) in [6.45, 7) is 2.40. The van der Waals surface area contributed by atoms with Gasteiger partial charge in [0, 0.05) is 0 Å². The molecule has 0 saturated carbocycles. The molecule has 0 fully saturated rings. The van der Waals surface area contributed by atoms with Crippen LogP contribution in [0.15, 0.2) is 30.3 Å². The molecule has 1 aromatic rings. The molecule has 2 nitrogen and oxygen atoms in total. The average molecular weight is 222 g/mol. The molecule has 0 radical (unpaired) electrons. The molecular formula is C12H22N2Si. The predicted octanol–water partition coefficient (Wildman–Crippen LogP) is 1.96. The SMILES string of the molecule is CN(C)[Si](C)(Cc1ccccc1)N(C)C. The van der Waals surface area contributed by atoms with Gasteiger partial charge in [0.05, 0.1) is 0 Å². The van der Waals surface area contributed by atoms with Gasteiger partial charge in [0.1, 0.15) is 0 Å². The lowest BCUT2D eigenvalue weighted by Gasteiger charge is -2.39. The van der Waals surface area contributed by atoms with Crippen LogP contribution in [0, 0.1) is 0 Å². The van der Waals surface area contributed by atoms with Crippen molar-refractivity contribution in [3.8, 4) is 0 Å². The fraction of sp³-hybridized carbons (Fsp3) is 0.500. The van der Waals surface area contributed by atoms with Gasteiger partial charge in [-0.2, -0.15) is 0 Å². The topological polar surface area (TPSA) is 6.48 Å². The Kier molecular flexibility index (Phi) is 4.08. The number of hydrogen-bond donors (Lipinski definition) is 0. The molecule has 0 aliphatic rings. The van der Waals surface area contributed by atoms with Gasteiger partial charge in [-0.05, 0) is 46.3 Å². The zero-order valence-electron chi connectivity index (χ0n) is 10.5. The molecule has 0 saturated heterocycles. The Labute approximate surface area is 94.7 Å². The van der Waals surface area contributed by atoms with Gasteiger partial charge in [-0.15, -0.1) is 0 Å². The van der Waals surface area contributed by atoms with E-state index in [2.05, 4.69) is 74.2 Å². The first kappa shape index (κ1) is 12.4. The van der Waals surface area contributed by atoms with E-state index in [0.29, 0.717) is 0 Å². The van der Waals surface area contributed by atoms with Crippen LogP contribution < -0.4 is 0 Å². The van der Waals surface area contributed by atoms with Crippen molar-refractivity contribution in [1.82, 2.24) is 9.13 Å². The van der Waals surface area contributed by atoms with E-state index in [4.69, 9.17) is 0 Å². The van der Waals surface area contributed by atoms with Gasteiger partial charge < -0.3 is 9.13 Å². The molecule has 0 spiro atoms. The summed E-state index contributed by atoms with van der Waals surface area (Å²) in [6.07, 6.45) is 0. The van der Waals surface area contributed by atoms with Crippen molar-refractivity contribution in [2.24, 2.45) is 0 Å². The van der Waals surface area contributed by atoms with E-state index in [1.807, 2.05) is 0 Å². The molecule has 0 aromatic heterocycles. The van der Waals surface area contributed by atoms with Crippen LogP contribution in [0.3, 0.4) is 0 Å². The third-order valence-corrected chi connectivity index (χ3v) is 8.24. The minimum Gasteiger partial charge on any atom is -0.317 e. The molecule has 1 rings (SSSR count). The molecule has 1 aromatic carbocycles. The highest BCUT2D eigenvalue weighted by Crippen LogP contribution is 2.15. The summed E-state index contributed by atoms with van der Waals surface area (Å²) in [5.74, 6) is 0. The predicted molar refractivity (Wildman–Crippen MR) is 69.1 cm³/mol. The lowest BCUT2D eigenvalue weighted by molar-refractivity contribution is 0.483. The van der Waals surface area contributed by atoms with Gasteiger partial charge in [-0.25, -0.2) is 0 Å². The highest BCUT2D eigenvalue weighted by atomic mass is 28.3. The maximum Gasteiger partial charge on any atom is 0.207 e. The van der Waals surface area contributed by atoms with Crippen LogP contribution >= 0.6 is 0 Å². The summed E-state index contributed by atoms with van der Waals surface area (Å²) in [5, 5.41) is 0. The van der Waals surface area contributed by atoms with Gasteiger partial charge in [-0.3, -0.25) is 0 Å². The van der Waals surface area contributed by atoms with E-state index in [1.165, 1.54) is 11.6 Å². The van der Waals surface area contributed by atoms with E-state index < -0.39 is 8.40 Å². The normalized spacial score (nSPS) is 12.5. The Morgan fingerprint density at radius 1 is 0.933 bits per heavy atom. The Balaban J connectivity index is 2.85. The second-order valence-electron chi connectivity index (χ2n) is 4.67. The Hall–Kier alpha value is -0.643. The molecule has 3 heteroatoms. The molecule has 0 N–H and O–H groups in total. The molecule has 0 amide bonds. The monoisotopic (exact) mass is 222 g/mol. The van der Waals surface area contributed by atoms with Crippen molar-refractivity contribution in [3.05, 3.63) is 35.9 Å². The second-order valence-corrected chi connectivity index (χ2v) is 9.24. The largest absolute Gasteiger partial charge is 0.317 e. The average Bonchev–Trinajstić information content (AvgIpc) is 2.18. The molecule has 0 unspecified atom stereocenters. The number of nitrogens with zero attached hydrogens (tertiary/aromatic N) is 2. The summed E-state index contributed by atoms with van der Waals surface area (Å²) in [4.78, 5) is 0. The Bertz CT molecular complexity index is 288. The van der Waals surface area contributed by atoms with Crippen LogP contribution in [0.2, 0.25) is 6.55 Å². The van der Waals surface area contributed by atoms with Crippen LogP contribution in [0.4, 0.5) is 0 Å². The summed E-state index contributed by atoms with van der Waals surface area (Å²) in [6, 6.07) is 11.9. The second kappa shape index (κ2) is 4.92. The smallest absolute Gasteiger partial charge is 0.207 e. The third-order valence-electron chi connectivity index (χ3n) is 3.31. The van der Waals surface area contributed by atoms with Gasteiger partial charge in [0.2, 0.25) is 8.40 Å². The van der Waals surface area contributed by atoms with Gasteiger partial charge in [0.15, 0.2) is 0 Å². The summed E-state index contributed by atoms with van der Waals surface area (Å²) >= 11 is 0. The molecule has 0 bridgehead atoms. The first-order chi connectivity index (χ1) is 6.97. The lowest BCUT2D eigenvalue weighted by Crippen LogP contribution is -2.60.